The van der Waals surface area contributed by atoms with Gasteiger partial charge >= 0.3 is 18.2 Å². The van der Waals surface area contributed by atoms with Crippen molar-refractivity contribution >= 4 is 41.8 Å². The minimum absolute atomic E-state index is 0.0286. The highest BCUT2D eigenvalue weighted by Gasteiger charge is 2.36. The smallest absolute Gasteiger partial charge is 0.410 e. The van der Waals surface area contributed by atoms with E-state index in [0.717, 1.165) is 25.7 Å². The minimum atomic E-state index is -1.40. The fourth-order valence-corrected chi connectivity index (χ4v) is 8.01. The van der Waals surface area contributed by atoms with E-state index in [1.165, 1.54) is 63.7 Å². The Morgan fingerprint density at radius 1 is 0.771 bits per heavy atom. The Bertz CT molecular complexity index is 2080. The van der Waals surface area contributed by atoms with E-state index in [1.807, 2.05) is 0 Å². The van der Waals surface area contributed by atoms with E-state index in [9.17, 15) is 38.7 Å². The van der Waals surface area contributed by atoms with Crippen molar-refractivity contribution in [1.82, 2.24) is 31.1 Å². The number of alkyl carbamates (subject to hydrolysis) is 1. The number of hydrogen-bond acceptors (Lipinski definition) is 11. The van der Waals surface area contributed by atoms with E-state index in [-0.39, 0.29) is 32.4 Å². The van der Waals surface area contributed by atoms with Crippen LogP contribution in [0.2, 0.25) is 0 Å². The molecule has 2 aromatic rings. The van der Waals surface area contributed by atoms with Gasteiger partial charge in [0.1, 0.15) is 46.9 Å². The van der Waals surface area contributed by atoms with Crippen LogP contribution in [-0.4, -0.2) is 127 Å². The first-order valence-corrected chi connectivity index (χ1v) is 24.7. The zero-order valence-corrected chi connectivity index (χ0v) is 43.4. The number of likely N-dealkylation sites (N-methyl/N-ethyl adjacent to an activating group) is 1. The number of unbranched alkanes of at least 4 members (excludes halogenated alkanes) is 8. The summed E-state index contributed by atoms with van der Waals surface area (Å²) in [6.07, 6.45) is 8.03. The lowest BCUT2D eigenvalue weighted by atomic mass is 9.93. The number of nitrogens with zero attached hydrogens (tertiary/aromatic N) is 2. The van der Waals surface area contributed by atoms with Gasteiger partial charge in [0.2, 0.25) is 23.6 Å². The molecule has 4 atom stereocenters. The summed E-state index contributed by atoms with van der Waals surface area (Å²) in [6, 6.07) is 4.85. The van der Waals surface area contributed by atoms with Gasteiger partial charge < -0.3 is 55.1 Å². The van der Waals surface area contributed by atoms with Crippen LogP contribution >= 0.6 is 0 Å². The van der Waals surface area contributed by atoms with Gasteiger partial charge in [0.05, 0.1) is 14.2 Å². The lowest BCUT2D eigenvalue weighted by Gasteiger charge is -2.33. The van der Waals surface area contributed by atoms with Gasteiger partial charge in [0, 0.05) is 50.7 Å². The van der Waals surface area contributed by atoms with Crippen LogP contribution in [-0.2, 0) is 39.9 Å². The van der Waals surface area contributed by atoms with E-state index in [0.29, 0.717) is 53.1 Å². The van der Waals surface area contributed by atoms with Crippen molar-refractivity contribution in [1.29, 1.82) is 0 Å². The molecule has 18 heteroatoms. The Morgan fingerprint density at radius 2 is 1.37 bits per heavy atom. The maximum atomic E-state index is 14.9. The fraction of sp³-hybridized carbons (Fsp3) is 0.635. The Balaban J connectivity index is 2.01. The molecule has 0 unspecified atom stereocenters. The number of hydrogen-bond donors (Lipinski definition) is 5. The first-order valence-electron chi connectivity index (χ1n) is 24.7. The number of nitrogens with one attached hydrogen (secondary N) is 4. The molecule has 1 aliphatic rings. The highest BCUT2D eigenvalue weighted by molar-refractivity contribution is 5.96. The maximum Gasteiger partial charge on any atom is 0.410 e. The van der Waals surface area contributed by atoms with Crippen LogP contribution in [0, 0.1) is 0 Å². The average molecular weight is 981 g/mol. The zero-order chi connectivity index (χ0) is 52.2. The molecule has 1 aliphatic heterocycles. The van der Waals surface area contributed by atoms with Crippen molar-refractivity contribution in [2.24, 2.45) is 0 Å². The standard InChI is InChI=1S/C52H80N6O12/c1-12-13-14-15-16-17-18-21-29-58(50(66)70-52(6,7)8)30-27-43(59)55-39(22-19-20-28-53-49(65)69-51(3,4)5)47(62)57(9)44-36-24-26-42(68-11)38(33-36)37-31-35(23-25-41(37)67-10)32-40(48(63)64)56-45(60)34(2)54-46(44)61/h23-26,31,33-34,39-40,44H,12-22,27-30,32H2,1-11H3,(H,53,65)(H,54,61)(H,55,59)(H,56,60)(H,63,64)/t34-,39-,40-,44-/m0/s1. The van der Waals surface area contributed by atoms with Gasteiger partial charge in [-0.15, -0.1) is 0 Å². The van der Waals surface area contributed by atoms with Crippen molar-refractivity contribution in [3.63, 3.8) is 0 Å². The molecule has 390 valence electrons. The number of benzene rings is 2. The molecule has 5 N–H and O–H groups in total. The van der Waals surface area contributed by atoms with Crippen LogP contribution in [0.5, 0.6) is 11.5 Å². The predicted octanol–water partition coefficient (Wildman–Crippen LogP) is 7.45. The molecule has 6 amide bonds. The highest BCUT2D eigenvalue weighted by atomic mass is 16.6. The van der Waals surface area contributed by atoms with Gasteiger partial charge in [-0.1, -0.05) is 64.0 Å². The van der Waals surface area contributed by atoms with Crippen LogP contribution in [0.4, 0.5) is 9.59 Å². The number of carboxylic acids is 1. The molecule has 2 aromatic carbocycles. The summed E-state index contributed by atoms with van der Waals surface area (Å²) in [6.45, 7) is 14.8. The number of carboxylic acid groups (broad SMARTS) is 1. The number of aliphatic carboxylic acids is 1. The first-order chi connectivity index (χ1) is 33.0. The second-order valence-corrected chi connectivity index (χ2v) is 19.9. The number of carbonyl (C=O) groups is 7. The molecule has 0 aliphatic carbocycles. The van der Waals surface area contributed by atoms with Crippen LogP contribution in [0.15, 0.2) is 36.4 Å². The molecule has 0 saturated carbocycles. The number of methoxy groups -OCH3 is 2. The lowest BCUT2D eigenvalue weighted by molar-refractivity contribution is -0.144. The molecule has 70 heavy (non-hydrogen) atoms. The summed E-state index contributed by atoms with van der Waals surface area (Å²) >= 11 is 0. The second-order valence-electron chi connectivity index (χ2n) is 19.9. The number of rotatable bonds is 23. The lowest BCUT2D eigenvalue weighted by Crippen LogP contribution is -2.55. The third kappa shape index (κ3) is 19.4. The second kappa shape index (κ2) is 27.9. The van der Waals surface area contributed by atoms with Gasteiger partial charge in [-0.2, -0.15) is 0 Å². The minimum Gasteiger partial charge on any atom is -0.496 e. The van der Waals surface area contributed by atoms with E-state index < -0.39 is 77.2 Å². The molecule has 0 saturated heterocycles. The maximum absolute atomic E-state index is 14.9. The van der Waals surface area contributed by atoms with Crippen LogP contribution in [0.25, 0.3) is 11.1 Å². The molecule has 0 radical (unpaired) electrons. The van der Waals surface area contributed by atoms with Gasteiger partial charge in [-0.3, -0.25) is 19.2 Å². The van der Waals surface area contributed by atoms with Gasteiger partial charge in [-0.05, 0) is 110 Å². The third-order valence-electron chi connectivity index (χ3n) is 11.6. The summed E-state index contributed by atoms with van der Waals surface area (Å²) in [5.74, 6) is -3.17. The van der Waals surface area contributed by atoms with Gasteiger partial charge in [0.15, 0.2) is 0 Å². The molecule has 18 nitrogen and oxygen atoms in total. The molecule has 1 heterocycles. The normalized spacial score (nSPS) is 16.6. The van der Waals surface area contributed by atoms with E-state index in [4.69, 9.17) is 18.9 Å². The molecular formula is C52H80N6O12. The van der Waals surface area contributed by atoms with Crippen LogP contribution in [0.3, 0.4) is 0 Å². The van der Waals surface area contributed by atoms with Gasteiger partial charge in [0.25, 0.3) is 0 Å². The third-order valence-corrected chi connectivity index (χ3v) is 11.6. The van der Waals surface area contributed by atoms with Crippen molar-refractivity contribution in [3.8, 4) is 22.6 Å². The molecule has 0 spiro atoms. The Hall–Kier alpha value is -6.07. The predicted molar refractivity (Wildman–Crippen MR) is 266 cm³/mol. The van der Waals surface area contributed by atoms with E-state index in [1.54, 1.807) is 77.9 Å². The summed E-state index contributed by atoms with van der Waals surface area (Å²) < 4.78 is 22.5. The molecule has 4 bridgehead atoms. The fourth-order valence-electron chi connectivity index (χ4n) is 8.01. The monoisotopic (exact) mass is 981 g/mol. The summed E-state index contributed by atoms with van der Waals surface area (Å²) in [4.78, 5) is 97.8. The number of fused-ring (bicyclic) bond motifs is 5. The van der Waals surface area contributed by atoms with Crippen molar-refractivity contribution in [2.45, 2.75) is 174 Å². The molecule has 3 rings (SSSR count). The summed E-state index contributed by atoms with van der Waals surface area (Å²) in [7, 11) is 4.37. The number of carbonyl (C=O) groups excluding carboxylic acids is 6. The molecule has 0 fully saturated rings. The molecule has 0 aromatic heterocycles. The number of ether oxygens (including phenoxy) is 4. The highest BCUT2D eigenvalue weighted by Crippen LogP contribution is 2.40. The van der Waals surface area contributed by atoms with Crippen LogP contribution in [0.1, 0.15) is 150 Å². The summed E-state index contributed by atoms with van der Waals surface area (Å²) in [5.41, 5.74) is 0.396. The van der Waals surface area contributed by atoms with Crippen molar-refractivity contribution in [3.05, 3.63) is 47.5 Å². The number of amides is 6. The van der Waals surface area contributed by atoms with E-state index in [2.05, 4.69) is 28.2 Å². The molecular weight excluding hydrogens is 901 g/mol. The average Bonchev–Trinajstić information content (AvgIpc) is 3.28. The van der Waals surface area contributed by atoms with Crippen molar-refractivity contribution < 1.29 is 57.6 Å². The van der Waals surface area contributed by atoms with E-state index >= 15 is 0 Å². The quantitative estimate of drug-likeness (QED) is 0.0684. The Kier molecular flexibility index (Phi) is 23.3. The Morgan fingerprint density at radius 3 is 1.97 bits per heavy atom. The van der Waals surface area contributed by atoms with Crippen molar-refractivity contribution in [2.75, 3.05) is 40.9 Å². The largest absolute Gasteiger partial charge is 0.496 e. The zero-order valence-electron chi connectivity index (χ0n) is 43.4. The summed E-state index contributed by atoms with van der Waals surface area (Å²) in [5, 5.41) is 20.9. The Labute approximate surface area is 414 Å². The first kappa shape index (κ1) is 58.2. The topological polar surface area (TPSA) is 231 Å². The van der Waals surface area contributed by atoms with Crippen LogP contribution < -0.4 is 30.7 Å². The SMILES string of the molecule is CCCCCCCCCCN(CCC(=O)N[C@@H](CCCCNC(=O)OC(C)(C)C)C(=O)N(C)[C@@H]1C(=O)N[C@@H](C)C(=O)N[C@H](C(=O)O)Cc2ccc(OC)c(c2)-c2cc1ccc2OC)C(=O)OC(C)(C)C. The van der Waals surface area contributed by atoms with Gasteiger partial charge in [-0.25, -0.2) is 14.4 Å².